The van der Waals surface area contributed by atoms with Crippen LogP contribution in [0.1, 0.15) is 10.7 Å². The van der Waals surface area contributed by atoms with Gasteiger partial charge in [0.2, 0.25) is 0 Å². The molecule has 0 bridgehead atoms. The predicted molar refractivity (Wildman–Crippen MR) is 54.2 cm³/mol. The molecule has 0 aliphatic heterocycles. The Bertz CT molecular complexity index is 386. The van der Waals surface area contributed by atoms with Crippen molar-refractivity contribution in [2.45, 2.75) is 6.42 Å². The Kier molecular flexibility index (Phi) is 2.57. The summed E-state index contributed by atoms with van der Waals surface area (Å²) in [5.74, 6) is 0. The van der Waals surface area contributed by atoms with Gasteiger partial charge in [-0.1, -0.05) is 11.6 Å². The summed E-state index contributed by atoms with van der Waals surface area (Å²) in [6.45, 7) is 0. The van der Waals surface area contributed by atoms with E-state index in [-0.39, 0.29) is 0 Å². The molecule has 0 aromatic carbocycles. The van der Waals surface area contributed by atoms with E-state index in [4.69, 9.17) is 11.6 Å². The van der Waals surface area contributed by atoms with Crippen molar-refractivity contribution in [3.05, 3.63) is 45.6 Å². The summed E-state index contributed by atoms with van der Waals surface area (Å²) in [4.78, 5) is 8.37. The minimum Gasteiger partial charge on any atom is -0.261 e. The molecule has 2 aromatic rings. The molecule has 2 nitrogen and oxygen atoms in total. The Morgan fingerprint density at radius 1 is 1.31 bits per heavy atom. The maximum atomic E-state index is 5.83. The molecule has 66 valence electrons. The highest BCUT2D eigenvalue weighted by molar-refractivity contribution is 7.09. The molecule has 0 atom stereocenters. The lowest BCUT2D eigenvalue weighted by molar-refractivity contribution is 1.05. The lowest BCUT2D eigenvalue weighted by Gasteiger charge is -1.96. The molecule has 0 fully saturated rings. The topological polar surface area (TPSA) is 25.8 Å². The van der Waals surface area contributed by atoms with Crippen molar-refractivity contribution in [1.82, 2.24) is 9.97 Å². The highest BCUT2D eigenvalue weighted by atomic mass is 35.5. The summed E-state index contributed by atoms with van der Waals surface area (Å²) in [6, 6.07) is 3.63. The molecule has 0 amide bonds. The standard InChI is InChI=1S/C9H7ClN2S/c10-7-1-2-11-8(5-7)6-9-12-3-4-13-9/h1-5H,6H2. The first kappa shape index (κ1) is 8.66. The second-order valence-corrected chi connectivity index (χ2v) is 3.98. The smallest absolute Gasteiger partial charge is 0.0984 e. The fraction of sp³-hybridized carbons (Fsp3) is 0.111. The van der Waals surface area contributed by atoms with Crippen molar-refractivity contribution in [2.75, 3.05) is 0 Å². The van der Waals surface area contributed by atoms with Crippen LogP contribution in [-0.4, -0.2) is 9.97 Å². The van der Waals surface area contributed by atoms with Gasteiger partial charge in [-0.05, 0) is 12.1 Å². The molecule has 0 unspecified atom stereocenters. The van der Waals surface area contributed by atoms with Gasteiger partial charge in [-0.25, -0.2) is 4.98 Å². The molecule has 0 radical (unpaired) electrons. The van der Waals surface area contributed by atoms with E-state index < -0.39 is 0 Å². The number of rotatable bonds is 2. The van der Waals surface area contributed by atoms with Crippen molar-refractivity contribution < 1.29 is 0 Å². The van der Waals surface area contributed by atoms with Crippen LogP contribution < -0.4 is 0 Å². The maximum absolute atomic E-state index is 5.83. The van der Waals surface area contributed by atoms with Crippen molar-refractivity contribution >= 4 is 22.9 Å². The first-order valence-corrected chi connectivity index (χ1v) is 5.09. The van der Waals surface area contributed by atoms with Gasteiger partial charge in [-0.3, -0.25) is 4.98 Å². The van der Waals surface area contributed by atoms with Crippen LogP contribution in [0, 0.1) is 0 Å². The highest BCUT2D eigenvalue weighted by Gasteiger charge is 1.99. The van der Waals surface area contributed by atoms with E-state index in [0.717, 1.165) is 22.1 Å². The number of aromatic nitrogens is 2. The number of hydrogen-bond donors (Lipinski definition) is 0. The summed E-state index contributed by atoms with van der Waals surface area (Å²) in [5, 5.41) is 3.75. The molecule has 2 aromatic heterocycles. The van der Waals surface area contributed by atoms with E-state index in [9.17, 15) is 0 Å². The van der Waals surface area contributed by atoms with Crippen LogP contribution in [0.2, 0.25) is 5.02 Å². The van der Waals surface area contributed by atoms with Gasteiger partial charge in [-0.2, -0.15) is 0 Å². The molecule has 0 N–H and O–H groups in total. The van der Waals surface area contributed by atoms with E-state index in [1.165, 1.54) is 0 Å². The van der Waals surface area contributed by atoms with Crippen LogP contribution in [0.3, 0.4) is 0 Å². The fourth-order valence-electron chi connectivity index (χ4n) is 1.04. The van der Waals surface area contributed by atoms with Crippen LogP contribution in [0.4, 0.5) is 0 Å². The number of pyridine rings is 1. The normalized spacial score (nSPS) is 10.2. The van der Waals surface area contributed by atoms with Gasteiger partial charge < -0.3 is 0 Å². The van der Waals surface area contributed by atoms with E-state index in [1.807, 2.05) is 11.4 Å². The monoisotopic (exact) mass is 210 g/mol. The third-order valence-electron chi connectivity index (χ3n) is 1.59. The molecule has 0 aliphatic rings. The summed E-state index contributed by atoms with van der Waals surface area (Å²) in [5.41, 5.74) is 0.961. The van der Waals surface area contributed by atoms with Gasteiger partial charge in [-0.15, -0.1) is 11.3 Å². The van der Waals surface area contributed by atoms with Crippen LogP contribution in [-0.2, 0) is 6.42 Å². The number of nitrogens with zero attached hydrogens (tertiary/aromatic N) is 2. The van der Waals surface area contributed by atoms with Crippen molar-refractivity contribution in [2.24, 2.45) is 0 Å². The molecular weight excluding hydrogens is 204 g/mol. The van der Waals surface area contributed by atoms with Gasteiger partial charge in [0.25, 0.3) is 0 Å². The maximum Gasteiger partial charge on any atom is 0.0984 e. The SMILES string of the molecule is Clc1ccnc(Cc2nccs2)c1. The molecule has 4 heteroatoms. The van der Waals surface area contributed by atoms with E-state index in [2.05, 4.69) is 9.97 Å². The van der Waals surface area contributed by atoms with Crippen LogP contribution in [0.25, 0.3) is 0 Å². The van der Waals surface area contributed by atoms with Crippen molar-refractivity contribution in [1.29, 1.82) is 0 Å². The molecule has 0 spiro atoms. The van der Waals surface area contributed by atoms with E-state index in [0.29, 0.717) is 0 Å². The van der Waals surface area contributed by atoms with Crippen molar-refractivity contribution in [3.8, 4) is 0 Å². The molecule has 2 heterocycles. The quantitative estimate of drug-likeness (QED) is 0.762. The summed E-state index contributed by atoms with van der Waals surface area (Å²) in [7, 11) is 0. The summed E-state index contributed by atoms with van der Waals surface area (Å²) < 4.78 is 0. The fourth-order valence-corrected chi connectivity index (χ4v) is 1.85. The molecule has 0 aliphatic carbocycles. The average molecular weight is 211 g/mol. The molecular formula is C9H7ClN2S. The largest absolute Gasteiger partial charge is 0.261 e. The number of halogens is 1. The molecule has 2 rings (SSSR count). The van der Waals surface area contributed by atoms with Crippen LogP contribution in [0.5, 0.6) is 0 Å². The second-order valence-electron chi connectivity index (χ2n) is 2.57. The highest BCUT2D eigenvalue weighted by Crippen LogP contribution is 2.13. The zero-order valence-electron chi connectivity index (χ0n) is 6.77. The first-order valence-electron chi connectivity index (χ1n) is 3.83. The average Bonchev–Trinajstić information content (AvgIpc) is 2.57. The zero-order chi connectivity index (χ0) is 9.10. The van der Waals surface area contributed by atoms with Crippen LogP contribution in [0.15, 0.2) is 29.9 Å². The van der Waals surface area contributed by atoms with Gasteiger partial charge in [0.15, 0.2) is 0 Å². The lowest BCUT2D eigenvalue weighted by atomic mass is 10.3. The minimum atomic E-state index is 0.724. The first-order chi connectivity index (χ1) is 6.34. The van der Waals surface area contributed by atoms with Crippen LogP contribution >= 0.6 is 22.9 Å². The predicted octanol–water partition coefficient (Wildman–Crippen LogP) is 2.78. The summed E-state index contributed by atoms with van der Waals surface area (Å²) in [6.07, 6.45) is 4.27. The van der Waals surface area contributed by atoms with Gasteiger partial charge in [0, 0.05) is 34.9 Å². The van der Waals surface area contributed by atoms with Crippen molar-refractivity contribution in [3.63, 3.8) is 0 Å². The Labute approximate surface area is 85.2 Å². The lowest BCUT2D eigenvalue weighted by Crippen LogP contribution is -1.90. The number of thiazole rings is 1. The molecule has 0 saturated heterocycles. The van der Waals surface area contributed by atoms with E-state index >= 15 is 0 Å². The molecule has 0 saturated carbocycles. The second kappa shape index (κ2) is 3.85. The summed E-state index contributed by atoms with van der Waals surface area (Å²) >= 11 is 7.46. The number of hydrogen-bond acceptors (Lipinski definition) is 3. The Hall–Kier alpha value is -0.930. The third-order valence-corrected chi connectivity index (χ3v) is 2.61. The van der Waals surface area contributed by atoms with E-state index in [1.54, 1.807) is 29.8 Å². The third kappa shape index (κ3) is 2.26. The molecule has 13 heavy (non-hydrogen) atoms. The van der Waals surface area contributed by atoms with Gasteiger partial charge in [0.05, 0.1) is 5.01 Å². The van der Waals surface area contributed by atoms with Gasteiger partial charge in [0.1, 0.15) is 0 Å². The Morgan fingerprint density at radius 3 is 2.92 bits per heavy atom. The van der Waals surface area contributed by atoms with Gasteiger partial charge >= 0.3 is 0 Å². The minimum absolute atomic E-state index is 0.724. The Morgan fingerprint density at radius 2 is 2.23 bits per heavy atom. The zero-order valence-corrected chi connectivity index (χ0v) is 8.35. The Balaban J connectivity index is 2.19.